The number of nitrogen functional groups attached to an aromatic ring is 1. The van der Waals surface area contributed by atoms with Gasteiger partial charge in [-0.2, -0.15) is 0 Å². The number of nitrogens with two attached hydrogens (primary N) is 1. The third kappa shape index (κ3) is 3.63. The summed E-state index contributed by atoms with van der Waals surface area (Å²) in [4.78, 5) is 11.5. The smallest absolute Gasteiger partial charge is 0.251 e. The standard InChI is InChI=1S/C15H22N2O2/c1-17-15(18)11-8-9-14(13(16)10-11)19-12-6-4-2-3-5-7-12/h8-10,12H,2-7,16H2,1H3,(H,17,18). The molecule has 0 radical (unpaired) electrons. The Morgan fingerprint density at radius 1 is 1.26 bits per heavy atom. The van der Waals surface area contributed by atoms with Gasteiger partial charge in [-0.3, -0.25) is 4.79 Å². The maximum absolute atomic E-state index is 11.5. The molecule has 0 heterocycles. The molecule has 1 fully saturated rings. The van der Waals surface area contributed by atoms with Crippen molar-refractivity contribution in [1.29, 1.82) is 0 Å². The molecule has 0 aromatic heterocycles. The summed E-state index contributed by atoms with van der Waals surface area (Å²) in [5.41, 5.74) is 7.06. The highest BCUT2D eigenvalue weighted by Crippen LogP contribution is 2.27. The molecule has 1 aliphatic carbocycles. The van der Waals surface area contributed by atoms with Crippen LogP contribution in [0.4, 0.5) is 5.69 Å². The highest BCUT2D eigenvalue weighted by molar-refractivity contribution is 5.95. The normalized spacial score (nSPS) is 16.7. The lowest BCUT2D eigenvalue weighted by atomic mass is 10.1. The van der Waals surface area contributed by atoms with Crippen molar-refractivity contribution >= 4 is 11.6 Å². The summed E-state index contributed by atoms with van der Waals surface area (Å²) >= 11 is 0. The van der Waals surface area contributed by atoms with Gasteiger partial charge in [0.2, 0.25) is 0 Å². The predicted molar refractivity (Wildman–Crippen MR) is 76.4 cm³/mol. The molecule has 0 spiro atoms. The van der Waals surface area contributed by atoms with Gasteiger partial charge in [0.1, 0.15) is 5.75 Å². The molecule has 0 aliphatic heterocycles. The molecule has 4 nitrogen and oxygen atoms in total. The van der Waals surface area contributed by atoms with Crippen LogP contribution in [0.3, 0.4) is 0 Å². The average Bonchev–Trinajstić information content (AvgIpc) is 2.68. The molecule has 0 atom stereocenters. The zero-order chi connectivity index (χ0) is 13.7. The minimum absolute atomic E-state index is 0.132. The van der Waals surface area contributed by atoms with Crippen molar-refractivity contribution < 1.29 is 9.53 Å². The molecule has 0 bridgehead atoms. The molecular formula is C15H22N2O2. The van der Waals surface area contributed by atoms with E-state index < -0.39 is 0 Å². The van der Waals surface area contributed by atoms with E-state index in [0.29, 0.717) is 17.0 Å². The van der Waals surface area contributed by atoms with E-state index in [1.165, 1.54) is 25.7 Å². The first-order valence-electron chi connectivity index (χ1n) is 6.99. The quantitative estimate of drug-likeness (QED) is 0.650. The second kappa shape index (κ2) is 6.45. The van der Waals surface area contributed by atoms with Gasteiger partial charge >= 0.3 is 0 Å². The topological polar surface area (TPSA) is 64.3 Å². The van der Waals surface area contributed by atoms with Crippen LogP contribution < -0.4 is 15.8 Å². The predicted octanol–water partition coefficient (Wildman–Crippen LogP) is 2.73. The fourth-order valence-electron chi connectivity index (χ4n) is 2.48. The van der Waals surface area contributed by atoms with E-state index in [9.17, 15) is 4.79 Å². The second-order valence-corrected chi connectivity index (χ2v) is 5.06. The van der Waals surface area contributed by atoms with Crippen LogP contribution in [-0.2, 0) is 0 Å². The maximum Gasteiger partial charge on any atom is 0.251 e. The fourth-order valence-corrected chi connectivity index (χ4v) is 2.48. The first kappa shape index (κ1) is 13.7. The largest absolute Gasteiger partial charge is 0.488 e. The molecular weight excluding hydrogens is 240 g/mol. The zero-order valence-electron chi connectivity index (χ0n) is 11.4. The Hall–Kier alpha value is -1.71. The second-order valence-electron chi connectivity index (χ2n) is 5.06. The number of ether oxygens (including phenoxy) is 1. The van der Waals surface area contributed by atoms with E-state index in [-0.39, 0.29) is 12.0 Å². The Morgan fingerprint density at radius 3 is 2.53 bits per heavy atom. The fraction of sp³-hybridized carbons (Fsp3) is 0.533. The van der Waals surface area contributed by atoms with Crippen LogP contribution in [0.1, 0.15) is 48.9 Å². The molecule has 0 unspecified atom stereocenters. The molecule has 1 amide bonds. The minimum Gasteiger partial charge on any atom is -0.488 e. The number of hydrogen-bond donors (Lipinski definition) is 2. The summed E-state index contributed by atoms with van der Waals surface area (Å²) in [6.07, 6.45) is 7.49. The van der Waals surface area contributed by atoms with Gasteiger partial charge in [0.05, 0.1) is 11.8 Å². The van der Waals surface area contributed by atoms with Gasteiger partial charge in [0.15, 0.2) is 0 Å². The van der Waals surface area contributed by atoms with E-state index in [1.807, 2.05) is 0 Å². The molecule has 1 aromatic carbocycles. The first-order chi connectivity index (χ1) is 9.20. The summed E-state index contributed by atoms with van der Waals surface area (Å²) in [6, 6.07) is 5.22. The van der Waals surface area contributed by atoms with Crippen molar-refractivity contribution in [2.45, 2.75) is 44.6 Å². The van der Waals surface area contributed by atoms with Crippen LogP contribution in [0.25, 0.3) is 0 Å². The molecule has 1 saturated carbocycles. The lowest BCUT2D eigenvalue weighted by Gasteiger charge is -2.18. The number of hydrogen-bond acceptors (Lipinski definition) is 3. The lowest BCUT2D eigenvalue weighted by molar-refractivity contribution is 0.0963. The first-order valence-corrected chi connectivity index (χ1v) is 6.99. The zero-order valence-corrected chi connectivity index (χ0v) is 11.4. The molecule has 1 aromatic rings. The number of nitrogens with one attached hydrogen (secondary N) is 1. The number of rotatable bonds is 3. The Bertz CT molecular complexity index is 438. The Labute approximate surface area is 114 Å². The van der Waals surface area contributed by atoms with E-state index in [2.05, 4.69) is 5.32 Å². The van der Waals surface area contributed by atoms with Crippen LogP contribution in [-0.4, -0.2) is 19.1 Å². The van der Waals surface area contributed by atoms with Crippen LogP contribution in [0.15, 0.2) is 18.2 Å². The van der Waals surface area contributed by atoms with Crippen molar-refractivity contribution in [3.8, 4) is 5.75 Å². The lowest BCUT2D eigenvalue weighted by Crippen LogP contribution is -2.19. The summed E-state index contributed by atoms with van der Waals surface area (Å²) in [5.74, 6) is 0.562. The molecule has 2 rings (SSSR count). The Morgan fingerprint density at radius 2 is 1.95 bits per heavy atom. The van der Waals surface area contributed by atoms with Crippen LogP contribution in [0.5, 0.6) is 5.75 Å². The van der Waals surface area contributed by atoms with E-state index in [0.717, 1.165) is 12.8 Å². The molecule has 104 valence electrons. The van der Waals surface area contributed by atoms with Crippen molar-refractivity contribution in [3.05, 3.63) is 23.8 Å². The SMILES string of the molecule is CNC(=O)c1ccc(OC2CCCCCC2)c(N)c1. The van der Waals surface area contributed by atoms with Gasteiger partial charge in [-0.1, -0.05) is 12.8 Å². The van der Waals surface area contributed by atoms with Gasteiger partial charge in [0.25, 0.3) is 5.91 Å². The van der Waals surface area contributed by atoms with Crippen molar-refractivity contribution in [1.82, 2.24) is 5.32 Å². The van der Waals surface area contributed by atoms with Gasteiger partial charge < -0.3 is 15.8 Å². The van der Waals surface area contributed by atoms with E-state index in [1.54, 1.807) is 25.2 Å². The molecule has 0 saturated heterocycles. The number of carbonyl (C=O) groups excluding carboxylic acids is 1. The average molecular weight is 262 g/mol. The highest BCUT2D eigenvalue weighted by atomic mass is 16.5. The summed E-state index contributed by atoms with van der Waals surface area (Å²) in [7, 11) is 1.61. The third-order valence-corrected chi connectivity index (χ3v) is 3.59. The molecule has 1 aliphatic rings. The summed E-state index contributed by atoms with van der Waals surface area (Å²) in [6.45, 7) is 0. The van der Waals surface area contributed by atoms with Crippen molar-refractivity contribution in [3.63, 3.8) is 0 Å². The number of anilines is 1. The number of benzene rings is 1. The van der Waals surface area contributed by atoms with Gasteiger partial charge in [-0.25, -0.2) is 0 Å². The molecule has 4 heteroatoms. The third-order valence-electron chi connectivity index (χ3n) is 3.59. The van der Waals surface area contributed by atoms with Crippen molar-refractivity contribution in [2.75, 3.05) is 12.8 Å². The van der Waals surface area contributed by atoms with Crippen LogP contribution >= 0.6 is 0 Å². The molecule has 19 heavy (non-hydrogen) atoms. The Balaban J connectivity index is 2.05. The van der Waals surface area contributed by atoms with Crippen molar-refractivity contribution in [2.24, 2.45) is 0 Å². The maximum atomic E-state index is 11.5. The van der Waals surface area contributed by atoms with Gasteiger partial charge in [0, 0.05) is 12.6 Å². The molecule has 3 N–H and O–H groups in total. The van der Waals surface area contributed by atoms with Crippen LogP contribution in [0.2, 0.25) is 0 Å². The van der Waals surface area contributed by atoms with Crippen LogP contribution in [0, 0.1) is 0 Å². The Kier molecular flexibility index (Phi) is 4.66. The highest BCUT2D eigenvalue weighted by Gasteiger charge is 2.15. The number of amides is 1. The minimum atomic E-state index is -0.132. The summed E-state index contributed by atoms with van der Waals surface area (Å²) in [5, 5.41) is 2.58. The van der Waals surface area contributed by atoms with Gasteiger partial charge in [-0.15, -0.1) is 0 Å². The van der Waals surface area contributed by atoms with Gasteiger partial charge in [-0.05, 0) is 43.9 Å². The number of carbonyl (C=O) groups is 1. The monoisotopic (exact) mass is 262 g/mol. The van der Waals surface area contributed by atoms with E-state index in [4.69, 9.17) is 10.5 Å². The summed E-state index contributed by atoms with van der Waals surface area (Å²) < 4.78 is 5.98. The van der Waals surface area contributed by atoms with E-state index >= 15 is 0 Å².